The summed E-state index contributed by atoms with van der Waals surface area (Å²) >= 11 is 0. The van der Waals surface area contributed by atoms with E-state index in [4.69, 9.17) is 55.4 Å². The zero-order chi connectivity index (χ0) is 24.6. The van der Waals surface area contributed by atoms with Crippen molar-refractivity contribution in [3.63, 3.8) is 0 Å². The highest BCUT2D eigenvalue weighted by molar-refractivity contribution is 5.83. The van der Waals surface area contributed by atoms with Gasteiger partial charge >= 0.3 is 29.8 Å². The molecule has 0 rings (SSSR count). The molecule has 0 atom stereocenters. The quantitative estimate of drug-likeness (QED) is 0.187. The Balaban J connectivity index is -0.0000000616. The van der Waals surface area contributed by atoms with Crippen LogP contribution in [0.15, 0.2) is 0 Å². The predicted octanol–water partition coefficient (Wildman–Crippen LogP) is -1.18. The third-order valence-corrected chi connectivity index (χ3v) is 1.20. The Kier molecular flexibility index (Phi) is 39.8. The molecule has 0 unspecified atom stereocenters. The molecule has 0 aliphatic heterocycles. The lowest BCUT2D eigenvalue weighted by atomic mass is 10.3. The van der Waals surface area contributed by atoms with E-state index < -0.39 is 41.8 Å². The van der Waals surface area contributed by atoms with E-state index in [0.717, 1.165) is 19.9 Å². The number of carboxylic acids is 7. The molecule has 16 heteroatoms. The molecule has 0 saturated carbocycles. The van der Waals surface area contributed by atoms with E-state index in [2.05, 4.69) is 0 Å². The summed E-state index contributed by atoms with van der Waals surface area (Å²) in [6.45, 7) is 2.17. The van der Waals surface area contributed by atoms with Crippen LogP contribution < -0.4 is 0 Å². The van der Waals surface area contributed by atoms with Crippen molar-refractivity contribution in [3.05, 3.63) is 0 Å². The third kappa shape index (κ3) is 205. The van der Waals surface area contributed by atoms with Crippen LogP contribution in [0.4, 0.5) is 0 Å². The van der Waals surface area contributed by atoms with Gasteiger partial charge in [0, 0.05) is 13.8 Å². The first-order valence-corrected chi connectivity index (χ1v) is 6.88. The van der Waals surface area contributed by atoms with E-state index >= 15 is 0 Å². The van der Waals surface area contributed by atoms with Gasteiger partial charge in [-0.3, -0.25) is 28.8 Å². The van der Waals surface area contributed by atoms with Crippen molar-refractivity contribution >= 4 is 41.8 Å². The lowest BCUT2D eigenvalue weighted by molar-refractivity contribution is -0.143. The number of nitriles is 1. The minimum Gasteiger partial charge on any atom is -0.481 e. The highest BCUT2D eigenvalue weighted by Crippen LogP contribution is 1.86. The van der Waals surface area contributed by atoms with E-state index in [1.165, 1.54) is 0 Å². The van der Waals surface area contributed by atoms with Crippen molar-refractivity contribution in [2.75, 3.05) is 0 Å². The van der Waals surface area contributed by atoms with Crippen LogP contribution in [0.25, 0.3) is 0 Å². The maximum atomic E-state index is 9.64. The van der Waals surface area contributed by atoms with E-state index in [0.29, 0.717) is 0 Å². The molecule has 9 N–H and O–H groups in total. The fraction of sp³-hybridized carbons (Fsp3) is 0.429. The number of rotatable bonds is 6. The van der Waals surface area contributed by atoms with Gasteiger partial charge < -0.3 is 41.2 Å². The van der Waals surface area contributed by atoms with Gasteiger partial charge in [0.05, 0.1) is 25.7 Å². The predicted molar refractivity (Wildman–Crippen MR) is 92.5 cm³/mol. The molecule has 0 aromatic rings. The largest absolute Gasteiger partial charge is 0.481 e. The lowest BCUT2D eigenvalue weighted by Gasteiger charge is -1.85. The molecule has 30 heavy (non-hydrogen) atoms. The molecule has 0 aromatic carbocycles. The summed E-state index contributed by atoms with van der Waals surface area (Å²) in [5.74, 6) is -7.41. The number of carbonyl (C=O) groups is 7. The third-order valence-electron chi connectivity index (χ3n) is 1.20. The zero-order valence-electron chi connectivity index (χ0n) is 15.8. The van der Waals surface area contributed by atoms with Crippen LogP contribution in [0, 0.1) is 11.3 Å². The van der Waals surface area contributed by atoms with Crippen LogP contribution >= 0.6 is 0 Å². The molecule has 0 amide bonds. The highest BCUT2D eigenvalue weighted by atomic mass is 16.4. The van der Waals surface area contributed by atoms with Gasteiger partial charge in [0.1, 0.15) is 0 Å². The van der Waals surface area contributed by atoms with Gasteiger partial charge in [0.25, 0.3) is 11.9 Å². The Hall–Kier alpha value is -4.26. The van der Waals surface area contributed by atoms with Gasteiger partial charge in [-0.25, -0.2) is 4.79 Å². The first-order valence-electron chi connectivity index (χ1n) is 6.88. The second kappa shape index (κ2) is 29.5. The zero-order valence-corrected chi connectivity index (χ0v) is 15.8. The summed E-state index contributed by atoms with van der Waals surface area (Å²) in [5, 5.41) is 61.1. The van der Waals surface area contributed by atoms with Crippen LogP contribution in [-0.2, 0) is 33.6 Å². The molecule has 0 saturated heterocycles. The van der Waals surface area contributed by atoms with Crippen LogP contribution in [0.3, 0.4) is 0 Å². The second-order valence-electron chi connectivity index (χ2n) is 4.03. The Bertz CT molecular complexity index is 515. The summed E-state index contributed by atoms with van der Waals surface area (Å²) in [6, 6.07) is 0.944. The van der Waals surface area contributed by atoms with Crippen molar-refractivity contribution in [2.24, 2.45) is 0 Å². The summed E-state index contributed by atoms with van der Waals surface area (Å²) in [4.78, 5) is 65.6. The van der Waals surface area contributed by atoms with Crippen LogP contribution in [0.1, 0.15) is 39.5 Å². The molecule has 0 fully saturated rings. The van der Waals surface area contributed by atoms with Crippen molar-refractivity contribution in [2.45, 2.75) is 39.5 Å². The molecular formula is C14H23NO15. The van der Waals surface area contributed by atoms with E-state index in [1.54, 1.807) is 0 Å². The molecule has 0 aliphatic rings. The Morgan fingerprint density at radius 2 is 0.667 bits per heavy atom. The Morgan fingerprint density at radius 1 is 0.567 bits per heavy atom. The Labute approximate surface area is 168 Å². The van der Waals surface area contributed by atoms with E-state index in [-0.39, 0.29) is 31.2 Å². The maximum Gasteiger partial charge on any atom is 0.408 e. The molecule has 0 aromatic heterocycles. The van der Waals surface area contributed by atoms with Gasteiger partial charge in [-0.2, -0.15) is 5.26 Å². The monoisotopic (exact) mass is 445 g/mol. The van der Waals surface area contributed by atoms with Crippen molar-refractivity contribution in [1.82, 2.24) is 0 Å². The highest BCUT2D eigenvalue weighted by Gasteiger charge is 2.01. The minimum absolute atomic E-state index is 0. The lowest BCUT2D eigenvalue weighted by Crippen LogP contribution is -2.00. The number of hydrogen-bond donors (Lipinski definition) is 7. The second-order valence-corrected chi connectivity index (χ2v) is 4.03. The van der Waals surface area contributed by atoms with E-state index in [9.17, 15) is 19.2 Å². The summed E-state index contributed by atoms with van der Waals surface area (Å²) in [7, 11) is 0. The normalized spacial score (nSPS) is 7.10. The van der Waals surface area contributed by atoms with Gasteiger partial charge in [-0.15, -0.1) is 0 Å². The molecular weight excluding hydrogens is 422 g/mol. The maximum absolute atomic E-state index is 9.64. The van der Waals surface area contributed by atoms with Gasteiger partial charge in [0.2, 0.25) is 0 Å². The standard InChI is InChI=1S/2C4H6O4.C2HNO2.2C2H4O2.H2O/c2*5-3(6)1-2-4(7)8;3-1-2(4)5;2*1-2(3)4;/h2*1-2H2,(H,5,6)(H,7,8);(H,4,5);2*1H3,(H,3,4);1H2. The first kappa shape index (κ1) is 40.4. The van der Waals surface area contributed by atoms with Crippen LogP contribution in [-0.4, -0.2) is 83.0 Å². The summed E-state index contributed by atoms with van der Waals surface area (Å²) in [6.07, 6.45) is -1.19. The molecule has 0 aliphatic carbocycles. The first-order chi connectivity index (χ1) is 13.0. The number of aliphatic carboxylic acids is 7. The van der Waals surface area contributed by atoms with Crippen LogP contribution in [0.5, 0.6) is 0 Å². The molecule has 16 nitrogen and oxygen atoms in total. The molecule has 174 valence electrons. The van der Waals surface area contributed by atoms with Gasteiger partial charge in [-0.05, 0) is 0 Å². The van der Waals surface area contributed by atoms with Gasteiger partial charge in [-0.1, -0.05) is 0 Å². The van der Waals surface area contributed by atoms with E-state index in [1.807, 2.05) is 0 Å². The fourth-order valence-corrected chi connectivity index (χ4v) is 0.428. The smallest absolute Gasteiger partial charge is 0.408 e. The summed E-state index contributed by atoms with van der Waals surface area (Å²) in [5.41, 5.74) is 0. The molecule has 0 bridgehead atoms. The minimum atomic E-state index is -1.44. The van der Waals surface area contributed by atoms with Gasteiger partial charge in [0.15, 0.2) is 6.07 Å². The SMILES string of the molecule is CC(=O)O.CC(=O)O.N#CC(=O)O.O.O=C(O)CCC(=O)O.O=C(O)CCC(=O)O. The van der Waals surface area contributed by atoms with Crippen LogP contribution in [0.2, 0.25) is 0 Å². The fourth-order valence-electron chi connectivity index (χ4n) is 0.428. The molecule has 0 spiro atoms. The molecule has 0 radical (unpaired) electrons. The van der Waals surface area contributed by atoms with Crippen molar-refractivity contribution < 1.29 is 74.8 Å². The van der Waals surface area contributed by atoms with Crippen molar-refractivity contribution in [1.29, 1.82) is 5.26 Å². The Morgan fingerprint density at radius 3 is 0.700 bits per heavy atom. The average Bonchev–Trinajstić information content (AvgIpc) is 2.51. The number of hydrogen-bond acceptors (Lipinski definition) is 8. The number of nitrogens with zero attached hydrogens (tertiary/aromatic N) is 1. The summed E-state index contributed by atoms with van der Waals surface area (Å²) < 4.78 is 0. The number of carboxylic acid groups (broad SMARTS) is 7. The topological polar surface area (TPSA) is 316 Å². The van der Waals surface area contributed by atoms with Crippen molar-refractivity contribution in [3.8, 4) is 6.07 Å². The average molecular weight is 445 g/mol. The molecule has 0 heterocycles.